The first-order valence-electron chi connectivity index (χ1n) is 7.19. The van der Waals surface area contributed by atoms with Gasteiger partial charge < -0.3 is 15.0 Å². The third kappa shape index (κ3) is 4.70. The van der Waals surface area contributed by atoms with Gasteiger partial charge >= 0.3 is 5.97 Å². The van der Waals surface area contributed by atoms with Gasteiger partial charge in [0, 0.05) is 5.69 Å². The number of nitrogens with one attached hydrogen (secondary N) is 2. The molecule has 0 radical (unpaired) electrons. The fourth-order valence-electron chi connectivity index (χ4n) is 1.89. The van der Waals surface area contributed by atoms with Gasteiger partial charge in [-0.15, -0.1) is 0 Å². The Balaban J connectivity index is 2.19. The molecule has 1 aromatic carbocycles. The molecule has 126 valence electrons. The summed E-state index contributed by atoms with van der Waals surface area (Å²) in [6.45, 7) is 5.30. The quantitative estimate of drug-likeness (QED) is 0.658. The van der Waals surface area contributed by atoms with Crippen molar-refractivity contribution in [2.75, 3.05) is 5.32 Å². The lowest BCUT2D eigenvalue weighted by Gasteiger charge is -2.19. The molecule has 1 amide bonds. The summed E-state index contributed by atoms with van der Waals surface area (Å²) < 4.78 is 5.28. The monoisotopic (exact) mass is 348 g/mol. The van der Waals surface area contributed by atoms with Gasteiger partial charge in [0.1, 0.15) is 16.3 Å². The van der Waals surface area contributed by atoms with Crippen LogP contribution in [0.2, 0.25) is 5.15 Å². The summed E-state index contributed by atoms with van der Waals surface area (Å²) in [5.74, 6) is -1.10. The minimum atomic E-state index is -0.618. The van der Waals surface area contributed by atoms with Gasteiger partial charge in [0.15, 0.2) is 0 Å². The number of benzene rings is 1. The van der Waals surface area contributed by atoms with Crippen molar-refractivity contribution in [3.63, 3.8) is 0 Å². The lowest BCUT2D eigenvalue weighted by Crippen LogP contribution is -2.24. The fraction of sp³-hybridized carbons (Fsp3) is 0.235. The van der Waals surface area contributed by atoms with Crippen LogP contribution in [-0.4, -0.2) is 22.5 Å². The Hall–Kier alpha value is -2.60. The summed E-state index contributed by atoms with van der Waals surface area (Å²) in [6, 6.07) is 9.02. The molecule has 0 atom stereocenters. The Bertz CT molecular complexity index is 837. The lowest BCUT2D eigenvalue weighted by molar-refractivity contribution is 0.00694. The SMILES string of the molecule is CC(C)(C)OC(=O)c1cccc(NC(=O)c2ccc(Cl)[nH]c2=O)c1. The topological polar surface area (TPSA) is 88.3 Å². The number of carbonyl (C=O) groups is 2. The minimum Gasteiger partial charge on any atom is -0.456 e. The molecule has 0 unspecified atom stereocenters. The third-order valence-corrected chi connectivity index (χ3v) is 3.09. The van der Waals surface area contributed by atoms with E-state index in [2.05, 4.69) is 10.3 Å². The van der Waals surface area contributed by atoms with Crippen molar-refractivity contribution in [2.24, 2.45) is 0 Å². The van der Waals surface area contributed by atoms with E-state index in [1.807, 2.05) is 0 Å². The summed E-state index contributed by atoms with van der Waals surface area (Å²) in [7, 11) is 0. The number of rotatable bonds is 3. The fourth-order valence-corrected chi connectivity index (χ4v) is 2.04. The molecule has 0 saturated heterocycles. The van der Waals surface area contributed by atoms with Gasteiger partial charge in [0.05, 0.1) is 5.56 Å². The Morgan fingerprint density at radius 1 is 1.17 bits per heavy atom. The first-order chi connectivity index (χ1) is 11.2. The van der Waals surface area contributed by atoms with E-state index in [0.717, 1.165) is 0 Å². The second kappa shape index (κ2) is 6.88. The molecular formula is C17H17ClN2O4. The van der Waals surface area contributed by atoms with Crippen LogP contribution in [0.25, 0.3) is 0 Å². The van der Waals surface area contributed by atoms with Crippen LogP contribution in [0, 0.1) is 0 Å². The molecule has 6 nitrogen and oxygen atoms in total. The van der Waals surface area contributed by atoms with Crippen molar-refractivity contribution in [3.8, 4) is 0 Å². The number of hydrogen-bond acceptors (Lipinski definition) is 4. The number of aromatic nitrogens is 1. The predicted molar refractivity (Wildman–Crippen MR) is 91.6 cm³/mol. The minimum absolute atomic E-state index is 0.0814. The van der Waals surface area contributed by atoms with Crippen molar-refractivity contribution in [1.82, 2.24) is 4.98 Å². The predicted octanol–water partition coefficient (Wildman–Crippen LogP) is 3.24. The van der Waals surface area contributed by atoms with Gasteiger partial charge in [-0.05, 0) is 51.1 Å². The smallest absolute Gasteiger partial charge is 0.338 e. The summed E-state index contributed by atoms with van der Waals surface area (Å²) in [6.07, 6.45) is 0. The van der Waals surface area contributed by atoms with Crippen molar-refractivity contribution in [2.45, 2.75) is 26.4 Å². The number of ether oxygens (including phenoxy) is 1. The average molecular weight is 349 g/mol. The van der Waals surface area contributed by atoms with Crippen LogP contribution < -0.4 is 10.9 Å². The van der Waals surface area contributed by atoms with Crippen LogP contribution >= 0.6 is 11.6 Å². The van der Waals surface area contributed by atoms with E-state index >= 15 is 0 Å². The zero-order valence-electron chi connectivity index (χ0n) is 13.5. The standard InChI is InChI=1S/C17H17ClN2O4/c1-17(2,3)24-16(23)10-5-4-6-11(9-10)19-14(21)12-7-8-13(18)20-15(12)22/h4-9H,1-3H3,(H,19,21)(H,20,22). The van der Waals surface area contributed by atoms with Crippen LogP contribution in [0.4, 0.5) is 5.69 Å². The normalized spacial score (nSPS) is 11.0. The number of hydrogen-bond donors (Lipinski definition) is 2. The summed E-state index contributed by atoms with van der Waals surface area (Å²) in [4.78, 5) is 38.3. The maximum absolute atomic E-state index is 12.2. The Morgan fingerprint density at radius 3 is 2.50 bits per heavy atom. The molecule has 2 aromatic rings. The summed E-state index contributed by atoms with van der Waals surface area (Å²) in [5, 5.41) is 2.71. The average Bonchev–Trinajstić information content (AvgIpc) is 2.45. The van der Waals surface area contributed by atoms with E-state index in [4.69, 9.17) is 16.3 Å². The zero-order chi connectivity index (χ0) is 17.9. The number of halogens is 1. The van der Waals surface area contributed by atoms with Crippen LogP contribution in [0.5, 0.6) is 0 Å². The molecule has 0 fully saturated rings. The highest BCUT2D eigenvalue weighted by Crippen LogP contribution is 2.16. The van der Waals surface area contributed by atoms with E-state index in [9.17, 15) is 14.4 Å². The molecular weight excluding hydrogens is 332 g/mol. The maximum atomic E-state index is 12.2. The van der Waals surface area contributed by atoms with Crippen molar-refractivity contribution < 1.29 is 14.3 Å². The number of carbonyl (C=O) groups excluding carboxylic acids is 2. The van der Waals surface area contributed by atoms with Gasteiger partial charge in [-0.3, -0.25) is 9.59 Å². The van der Waals surface area contributed by atoms with Crippen LogP contribution in [0.15, 0.2) is 41.2 Å². The molecule has 2 N–H and O–H groups in total. The molecule has 0 aliphatic rings. The second-order valence-corrected chi connectivity index (χ2v) is 6.49. The first kappa shape index (κ1) is 17.7. The highest BCUT2D eigenvalue weighted by atomic mass is 35.5. The first-order valence-corrected chi connectivity index (χ1v) is 7.57. The molecule has 2 rings (SSSR count). The Morgan fingerprint density at radius 2 is 1.88 bits per heavy atom. The van der Waals surface area contributed by atoms with Gasteiger partial charge in [-0.2, -0.15) is 0 Å². The van der Waals surface area contributed by atoms with E-state index in [0.29, 0.717) is 11.3 Å². The zero-order valence-corrected chi connectivity index (χ0v) is 14.2. The Kier molecular flexibility index (Phi) is 5.09. The molecule has 24 heavy (non-hydrogen) atoms. The number of aromatic amines is 1. The highest BCUT2D eigenvalue weighted by molar-refractivity contribution is 6.29. The van der Waals surface area contributed by atoms with E-state index < -0.39 is 23.0 Å². The lowest BCUT2D eigenvalue weighted by atomic mass is 10.1. The van der Waals surface area contributed by atoms with Crippen molar-refractivity contribution in [1.29, 1.82) is 0 Å². The summed E-state index contributed by atoms with van der Waals surface area (Å²) >= 11 is 5.65. The Labute approximate surface area is 143 Å². The summed E-state index contributed by atoms with van der Waals surface area (Å²) in [5.41, 5.74) is -0.622. The molecule has 0 saturated carbocycles. The molecule has 0 aliphatic heterocycles. The van der Waals surface area contributed by atoms with Crippen LogP contribution in [0.1, 0.15) is 41.5 Å². The number of esters is 1. The van der Waals surface area contributed by atoms with Crippen molar-refractivity contribution in [3.05, 3.63) is 63.0 Å². The third-order valence-electron chi connectivity index (χ3n) is 2.87. The molecule has 1 heterocycles. The van der Waals surface area contributed by atoms with Gasteiger partial charge in [0.25, 0.3) is 11.5 Å². The van der Waals surface area contributed by atoms with Crippen molar-refractivity contribution >= 4 is 29.2 Å². The van der Waals surface area contributed by atoms with E-state index in [1.165, 1.54) is 18.2 Å². The van der Waals surface area contributed by atoms with Gasteiger partial charge in [-0.25, -0.2) is 4.79 Å². The maximum Gasteiger partial charge on any atom is 0.338 e. The number of pyridine rings is 1. The second-order valence-electron chi connectivity index (χ2n) is 6.09. The largest absolute Gasteiger partial charge is 0.456 e. The molecule has 1 aromatic heterocycles. The molecule has 0 spiro atoms. The molecule has 7 heteroatoms. The number of amides is 1. The van der Waals surface area contributed by atoms with Crippen LogP contribution in [0.3, 0.4) is 0 Å². The van der Waals surface area contributed by atoms with Gasteiger partial charge in [-0.1, -0.05) is 17.7 Å². The molecule has 0 bridgehead atoms. The van der Waals surface area contributed by atoms with Gasteiger partial charge in [0.2, 0.25) is 0 Å². The highest BCUT2D eigenvalue weighted by Gasteiger charge is 2.18. The molecule has 0 aliphatic carbocycles. The number of H-pyrrole nitrogens is 1. The van der Waals surface area contributed by atoms with Crippen LogP contribution in [-0.2, 0) is 4.74 Å². The van der Waals surface area contributed by atoms with E-state index in [-0.39, 0.29) is 10.7 Å². The van der Waals surface area contributed by atoms with E-state index in [1.54, 1.807) is 39.0 Å². The number of anilines is 1.